The molecule has 1 unspecified atom stereocenters. The van der Waals surface area contributed by atoms with Crippen molar-refractivity contribution in [1.29, 1.82) is 0 Å². The van der Waals surface area contributed by atoms with E-state index in [1.54, 1.807) is 6.26 Å². The van der Waals surface area contributed by atoms with E-state index >= 15 is 0 Å². The topological polar surface area (TPSA) is 13.1 Å². The van der Waals surface area contributed by atoms with E-state index in [2.05, 4.69) is 32.0 Å². The first-order valence-corrected chi connectivity index (χ1v) is 5.78. The van der Waals surface area contributed by atoms with Gasteiger partial charge in [0.1, 0.15) is 5.76 Å². The molecule has 0 N–H and O–H groups in total. The molecular formula is C14H15ClO. The molecule has 1 nitrogen and oxygen atoms in total. The SMILES string of the molecule is Cc1ccc(C(Cl)c2coc(C)c2)c(C)c1. The fourth-order valence-corrected chi connectivity index (χ4v) is 2.25. The predicted molar refractivity (Wildman–Crippen MR) is 67.1 cm³/mol. The highest BCUT2D eigenvalue weighted by Crippen LogP contribution is 2.32. The van der Waals surface area contributed by atoms with Gasteiger partial charge in [-0.05, 0) is 38.0 Å². The van der Waals surface area contributed by atoms with Gasteiger partial charge in [-0.1, -0.05) is 23.8 Å². The number of aryl methyl sites for hydroxylation is 3. The van der Waals surface area contributed by atoms with Crippen LogP contribution in [-0.2, 0) is 0 Å². The number of hydrogen-bond donors (Lipinski definition) is 0. The Morgan fingerprint density at radius 3 is 2.44 bits per heavy atom. The Morgan fingerprint density at radius 1 is 1.12 bits per heavy atom. The van der Waals surface area contributed by atoms with Gasteiger partial charge < -0.3 is 4.42 Å². The average molecular weight is 235 g/mol. The van der Waals surface area contributed by atoms with Gasteiger partial charge in [0.25, 0.3) is 0 Å². The summed E-state index contributed by atoms with van der Waals surface area (Å²) in [5, 5.41) is -0.127. The summed E-state index contributed by atoms with van der Waals surface area (Å²) >= 11 is 6.44. The maximum atomic E-state index is 6.44. The van der Waals surface area contributed by atoms with Crippen LogP contribution in [0.25, 0.3) is 0 Å². The number of halogens is 1. The van der Waals surface area contributed by atoms with Crippen LogP contribution < -0.4 is 0 Å². The first kappa shape index (κ1) is 11.3. The van der Waals surface area contributed by atoms with Gasteiger partial charge in [-0.15, -0.1) is 11.6 Å². The van der Waals surface area contributed by atoms with E-state index in [1.807, 2.05) is 13.0 Å². The maximum Gasteiger partial charge on any atom is 0.101 e. The van der Waals surface area contributed by atoms with Crippen LogP contribution in [0.5, 0.6) is 0 Å². The minimum atomic E-state index is -0.127. The zero-order valence-corrected chi connectivity index (χ0v) is 10.5. The molecule has 0 saturated heterocycles. The molecule has 1 aromatic carbocycles. The van der Waals surface area contributed by atoms with E-state index < -0.39 is 0 Å². The normalized spacial score (nSPS) is 12.8. The van der Waals surface area contributed by atoms with Crippen molar-refractivity contribution in [3.8, 4) is 0 Å². The third-order valence-corrected chi connectivity index (χ3v) is 3.23. The fourth-order valence-electron chi connectivity index (χ4n) is 1.89. The Kier molecular flexibility index (Phi) is 3.06. The summed E-state index contributed by atoms with van der Waals surface area (Å²) in [6, 6.07) is 8.31. The van der Waals surface area contributed by atoms with Crippen LogP contribution in [0.3, 0.4) is 0 Å². The van der Waals surface area contributed by atoms with Gasteiger partial charge in [0.2, 0.25) is 0 Å². The van der Waals surface area contributed by atoms with Crippen molar-refractivity contribution in [2.75, 3.05) is 0 Å². The first-order chi connectivity index (χ1) is 7.58. The Hall–Kier alpha value is -1.21. The summed E-state index contributed by atoms with van der Waals surface area (Å²) in [5.74, 6) is 0.894. The molecule has 0 fully saturated rings. The summed E-state index contributed by atoms with van der Waals surface area (Å²) in [5.41, 5.74) is 4.64. The fraction of sp³-hybridized carbons (Fsp3) is 0.286. The lowest BCUT2D eigenvalue weighted by atomic mass is 10.00. The third kappa shape index (κ3) is 2.14. The Balaban J connectivity index is 2.37. The van der Waals surface area contributed by atoms with Crippen LogP contribution in [0.15, 0.2) is 34.9 Å². The molecule has 84 valence electrons. The van der Waals surface area contributed by atoms with Crippen molar-refractivity contribution >= 4 is 11.6 Å². The van der Waals surface area contributed by atoms with Gasteiger partial charge in [0.05, 0.1) is 11.6 Å². The van der Waals surface area contributed by atoms with Gasteiger partial charge in [0, 0.05) is 5.56 Å². The molecule has 0 saturated carbocycles. The van der Waals surface area contributed by atoms with Gasteiger partial charge in [0.15, 0.2) is 0 Å². The molecule has 0 radical (unpaired) electrons. The quantitative estimate of drug-likeness (QED) is 0.696. The highest BCUT2D eigenvalue weighted by molar-refractivity contribution is 6.22. The lowest BCUT2D eigenvalue weighted by Crippen LogP contribution is -1.95. The van der Waals surface area contributed by atoms with Crippen LogP contribution in [0.4, 0.5) is 0 Å². The molecule has 2 rings (SSSR count). The molecule has 2 aromatic rings. The smallest absolute Gasteiger partial charge is 0.101 e. The van der Waals surface area contributed by atoms with Gasteiger partial charge in [-0.2, -0.15) is 0 Å². The molecule has 1 heterocycles. The second kappa shape index (κ2) is 4.34. The minimum Gasteiger partial charge on any atom is -0.469 e. The van der Waals surface area contributed by atoms with E-state index in [9.17, 15) is 0 Å². The lowest BCUT2D eigenvalue weighted by molar-refractivity contribution is 0.532. The Morgan fingerprint density at radius 2 is 1.88 bits per heavy atom. The lowest BCUT2D eigenvalue weighted by Gasteiger charge is -2.11. The third-order valence-electron chi connectivity index (χ3n) is 2.74. The van der Waals surface area contributed by atoms with Gasteiger partial charge in [-0.3, -0.25) is 0 Å². The molecule has 0 bridgehead atoms. The van der Waals surface area contributed by atoms with Crippen LogP contribution in [-0.4, -0.2) is 0 Å². The van der Waals surface area contributed by atoms with Crippen molar-refractivity contribution in [3.63, 3.8) is 0 Å². The minimum absolute atomic E-state index is 0.127. The van der Waals surface area contributed by atoms with E-state index in [-0.39, 0.29) is 5.38 Å². The second-order valence-corrected chi connectivity index (χ2v) is 4.65. The van der Waals surface area contributed by atoms with Crippen LogP contribution in [0, 0.1) is 20.8 Å². The molecule has 0 aliphatic heterocycles. The molecule has 0 amide bonds. The monoisotopic (exact) mass is 234 g/mol. The van der Waals surface area contributed by atoms with Crippen LogP contribution >= 0.6 is 11.6 Å². The number of alkyl halides is 1. The highest BCUT2D eigenvalue weighted by atomic mass is 35.5. The van der Waals surface area contributed by atoms with Gasteiger partial charge in [-0.25, -0.2) is 0 Å². The van der Waals surface area contributed by atoms with Crippen LogP contribution in [0.1, 0.15) is 33.4 Å². The van der Waals surface area contributed by atoms with Crippen LogP contribution in [0.2, 0.25) is 0 Å². The van der Waals surface area contributed by atoms with Gasteiger partial charge >= 0.3 is 0 Å². The van der Waals surface area contributed by atoms with E-state index in [4.69, 9.17) is 16.0 Å². The Labute approximate surface area is 101 Å². The maximum absolute atomic E-state index is 6.44. The highest BCUT2D eigenvalue weighted by Gasteiger charge is 2.14. The molecule has 1 aromatic heterocycles. The summed E-state index contributed by atoms with van der Waals surface area (Å²) in [4.78, 5) is 0. The molecular weight excluding hydrogens is 220 g/mol. The molecule has 16 heavy (non-hydrogen) atoms. The number of furan rings is 1. The standard InChI is InChI=1S/C14H15ClO/c1-9-4-5-13(10(2)6-9)14(15)12-7-11(3)16-8-12/h4-8,14H,1-3H3. The van der Waals surface area contributed by atoms with Crippen molar-refractivity contribution in [1.82, 2.24) is 0 Å². The molecule has 2 heteroatoms. The summed E-state index contributed by atoms with van der Waals surface area (Å²) in [6.45, 7) is 6.10. The van der Waals surface area contributed by atoms with Crippen molar-refractivity contribution in [2.45, 2.75) is 26.1 Å². The second-order valence-electron chi connectivity index (χ2n) is 4.21. The number of hydrogen-bond acceptors (Lipinski definition) is 1. The Bertz CT molecular complexity index is 499. The van der Waals surface area contributed by atoms with Crippen molar-refractivity contribution < 1.29 is 4.42 Å². The summed E-state index contributed by atoms with van der Waals surface area (Å²) < 4.78 is 5.29. The molecule has 0 aliphatic carbocycles. The van der Waals surface area contributed by atoms with E-state index in [1.165, 1.54) is 11.1 Å². The summed E-state index contributed by atoms with van der Waals surface area (Å²) in [6.07, 6.45) is 1.73. The zero-order chi connectivity index (χ0) is 11.7. The molecule has 0 aliphatic rings. The zero-order valence-electron chi connectivity index (χ0n) is 9.75. The molecule has 1 atom stereocenters. The average Bonchev–Trinajstić information content (AvgIpc) is 2.64. The largest absolute Gasteiger partial charge is 0.469 e. The van der Waals surface area contributed by atoms with Crippen molar-refractivity contribution in [3.05, 3.63) is 58.5 Å². The molecule has 0 spiro atoms. The first-order valence-electron chi connectivity index (χ1n) is 5.34. The van der Waals surface area contributed by atoms with E-state index in [0.717, 1.165) is 16.9 Å². The van der Waals surface area contributed by atoms with E-state index in [0.29, 0.717) is 0 Å². The predicted octanol–water partition coefficient (Wildman–Crippen LogP) is 4.53. The number of benzene rings is 1. The number of rotatable bonds is 2. The van der Waals surface area contributed by atoms with Crippen molar-refractivity contribution in [2.24, 2.45) is 0 Å². The summed E-state index contributed by atoms with van der Waals surface area (Å²) in [7, 11) is 0.